The van der Waals surface area contributed by atoms with Gasteiger partial charge in [-0.1, -0.05) is 37.1 Å². The molecule has 3 aromatic carbocycles. The molecule has 0 spiro atoms. The van der Waals surface area contributed by atoms with Crippen molar-refractivity contribution in [3.63, 3.8) is 0 Å². The first-order chi connectivity index (χ1) is 17.2. The number of amides is 1. The van der Waals surface area contributed by atoms with Crippen molar-refractivity contribution in [1.82, 2.24) is 5.43 Å². The molecular weight excluding hydrogens is 474 g/mol. The van der Waals surface area contributed by atoms with Crippen molar-refractivity contribution in [2.75, 3.05) is 17.5 Å². The lowest BCUT2D eigenvalue weighted by Gasteiger charge is -2.24. The minimum atomic E-state index is -3.98. The van der Waals surface area contributed by atoms with Gasteiger partial charge in [-0.15, -0.1) is 0 Å². The molecule has 0 radical (unpaired) electrons. The molecule has 0 aliphatic rings. The van der Waals surface area contributed by atoms with Crippen LogP contribution in [-0.2, 0) is 14.8 Å². The average molecular weight is 508 g/mol. The second kappa shape index (κ2) is 12.4. The fraction of sp³-hybridized carbons (Fsp3) is 0.286. The van der Waals surface area contributed by atoms with Gasteiger partial charge in [-0.05, 0) is 92.4 Å². The lowest BCUT2D eigenvalue weighted by atomic mass is 10.1. The highest BCUT2D eigenvalue weighted by Crippen LogP contribution is 2.26. The van der Waals surface area contributed by atoms with Crippen LogP contribution in [-0.4, -0.2) is 33.7 Å². The largest absolute Gasteiger partial charge is 0.494 e. The number of unbranched alkanes of at least 4 members (excludes halogenated alkanes) is 1. The second-order valence-corrected chi connectivity index (χ2v) is 10.5. The smallest absolute Gasteiger partial charge is 0.264 e. The average Bonchev–Trinajstić information content (AvgIpc) is 2.85. The summed E-state index contributed by atoms with van der Waals surface area (Å²) < 4.78 is 33.7. The fourth-order valence-electron chi connectivity index (χ4n) is 3.36. The van der Waals surface area contributed by atoms with E-state index in [0.29, 0.717) is 12.3 Å². The zero-order valence-electron chi connectivity index (χ0n) is 21.2. The standard InChI is InChI=1S/C28H33N3O4S/c1-5-6-17-35-26-13-10-24(11-14-26)19-29-30-28(32)20-31(25-12-9-22(3)23(4)18-25)36(33,34)27-15-7-21(2)8-16-27/h7-16,18-19H,5-6,17,20H2,1-4H3,(H,30,32)/b29-19-. The summed E-state index contributed by atoms with van der Waals surface area (Å²) in [6, 6.07) is 19.2. The molecule has 3 rings (SSSR count). The van der Waals surface area contributed by atoms with Crippen molar-refractivity contribution < 1.29 is 17.9 Å². The van der Waals surface area contributed by atoms with Crippen molar-refractivity contribution in [2.24, 2.45) is 5.10 Å². The number of carbonyl (C=O) groups is 1. The van der Waals surface area contributed by atoms with Crippen LogP contribution in [0, 0.1) is 20.8 Å². The number of ether oxygens (including phenoxy) is 1. The molecule has 0 aliphatic carbocycles. The fourth-order valence-corrected chi connectivity index (χ4v) is 4.78. The SMILES string of the molecule is CCCCOc1ccc(/C=N\NC(=O)CN(c2ccc(C)c(C)c2)S(=O)(=O)c2ccc(C)cc2)cc1. The number of hydrogen-bond donors (Lipinski definition) is 1. The van der Waals surface area contributed by atoms with Gasteiger partial charge in [0.25, 0.3) is 15.9 Å². The summed E-state index contributed by atoms with van der Waals surface area (Å²) in [6.45, 7) is 8.10. The third kappa shape index (κ3) is 7.18. The number of sulfonamides is 1. The Morgan fingerprint density at radius 3 is 2.31 bits per heavy atom. The van der Waals surface area contributed by atoms with Gasteiger partial charge in [0.15, 0.2) is 0 Å². The number of nitrogens with one attached hydrogen (secondary N) is 1. The Hall–Kier alpha value is -3.65. The number of aryl methyl sites for hydroxylation is 3. The van der Waals surface area contributed by atoms with Crippen LogP contribution in [0.25, 0.3) is 0 Å². The zero-order chi connectivity index (χ0) is 26.1. The number of rotatable bonds is 11. The highest BCUT2D eigenvalue weighted by Gasteiger charge is 2.27. The quantitative estimate of drug-likeness (QED) is 0.221. The minimum absolute atomic E-state index is 0.115. The maximum Gasteiger partial charge on any atom is 0.264 e. The Kier molecular flexibility index (Phi) is 9.25. The number of carbonyl (C=O) groups excluding carboxylic acids is 1. The summed E-state index contributed by atoms with van der Waals surface area (Å²) in [4.78, 5) is 12.9. The van der Waals surface area contributed by atoms with E-state index in [2.05, 4.69) is 17.5 Å². The maximum absolute atomic E-state index is 13.5. The monoisotopic (exact) mass is 507 g/mol. The zero-order valence-corrected chi connectivity index (χ0v) is 22.0. The van der Waals surface area contributed by atoms with E-state index >= 15 is 0 Å². The van der Waals surface area contributed by atoms with Gasteiger partial charge in [0.2, 0.25) is 0 Å². The Bertz CT molecular complexity index is 1300. The van der Waals surface area contributed by atoms with Crippen molar-refractivity contribution >= 4 is 27.8 Å². The number of hydrazone groups is 1. The lowest BCUT2D eigenvalue weighted by molar-refractivity contribution is -0.119. The molecule has 0 fully saturated rings. The topological polar surface area (TPSA) is 88.1 Å². The van der Waals surface area contributed by atoms with E-state index < -0.39 is 22.5 Å². The molecule has 7 nitrogen and oxygen atoms in total. The molecular formula is C28H33N3O4S. The van der Waals surface area contributed by atoms with Gasteiger partial charge in [0.1, 0.15) is 12.3 Å². The first kappa shape index (κ1) is 26.9. The van der Waals surface area contributed by atoms with E-state index in [-0.39, 0.29) is 4.90 Å². The van der Waals surface area contributed by atoms with Crippen LogP contribution in [0.5, 0.6) is 5.75 Å². The summed E-state index contributed by atoms with van der Waals surface area (Å²) in [5.74, 6) is 0.217. The molecule has 8 heteroatoms. The van der Waals surface area contributed by atoms with Gasteiger partial charge in [-0.3, -0.25) is 9.10 Å². The third-order valence-corrected chi connectivity index (χ3v) is 7.51. The third-order valence-electron chi connectivity index (χ3n) is 5.72. The Balaban J connectivity index is 1.74. The van der Waals surface area contributed by atoms with Crippen LogP contribution >= 0.6 is 0 Å². The van der Waals surface area contributed by atoms with Crippen LogP contribution in [0.4, 0.5) is 5.69 Å². The second-order valence-electron chi connectivity index (χ2n) is 8.66. The van der Waals surface area contributed by atoms with Crippen LogP contribution in [0.2, 0.25) is 0 Å². The number of nitrogens with zero attached hydrogens (tertiary/aromatic N) is 2. The Morgan fingerprint density at radius 1 is 0.972 bits per heavy atom. The van der Waals surface area contributed by atoms with Crippen molar-refractivity contribution in [3.8, 4) is 5.75 Å². The van der Waals surface area contributed by atoms with Crippen molar-refractivity contribution in [2.45, 2.75) is 45.4 Å². The summed E-state index contributed by atoms with van der Waals surface area (Å²) in [7, 11) is -3.98. The molecule has 1 N–H and O–H groups in total. The summed E-state index contributed by atoms with van der Waals surface area (Å²) in [5.41, 5.74) is 6.53. The lowest BCUT2D eigenvalue weighted by Crippen LogP contribution is -2.39. The van der Waals surface area contributed by atoms with Gasteiger partial charge in [-0.25, -0.2) is 13.8 Å². The van der Waals surface area contributed by atoms with Crippen LogP contribution in [0.1, 0.15) is 42.0 Å². The number of anilines is 1. The first-order valence-electron chi connectivity index (χ1n) is 11.9. The van der Waals surface area contributed by atoms with E-state index in [1.165, 1.54) is 6.21 Å². The van der Waals surface area contributed by atoms with Gasteiger partial charge >= 0.3 is 0 Å². The van der Waals surface area contributed by atoms with Crippen LogP contribution in [0.3, 0.4) is 0 Å². The van der Waals surface area contributed by atoms with Gasteiger partial charge in [-0.2, -0.15) is 5.10 Å². The van der Waals surface area contributed by atoms with Gasteiger partial charge < -0.3 is 4.74 Å². The van der Waals surface area contributed by atoms with Gasteiger partial charge in [0.05, 0.1) is 23.4 Å². The van der Waals surface area contributed by atoms with E-state index in [1.807, 2.05) is 51.1 Å². The first-order valence-corrected chi connectivity index (χ1v) is 13.4. The highest BCUT2D eigenvalue weighted by atomic mass is 32.2. The van der Waals surface area contributed by atoms with E-state index in [4.69, 9.17) is 4.74 Å². The molecule has 0 saturated heterocycles. The van der Waals surface area contributed by atoms with E-state index in [1.54, 1.807) is 36.4 Å². The minimum Gasteiger partial charge on any atom is -0.494 e. The predicted molar refractivity (Wildman–Crippen MR) is 144 cm³/mol. The Labute approximate surface area is 213 Å². The molecule has 0 atom stereocenters. The summed E-state index contributed by atoms with van der Waals surface area (Å²) in [6.07, 6.45) is 3.56. The van der Waals surface area contributed by atoms with Crippen LogP contribution in [0.15, 0.2) is 76.7 Å². The maximum atomic E-state index is 13.5. The molecule has 1 amide bonds. The van der Waals surface area contributed by atoms with Crippen LogP contribution < -0.4 is 14.5 Å². The van der Waals surface area contributed by atoms with Crippen molar-refractivity contribution in [3.05, 3.63) is 89.0 Å². The molecule has 0 unspecified atom stereocenters. The molecule has 0 bridgehead atoms. The molecule has 190 valence electrons. The summed E-state index contributed by atoms with van der Waals surface area (Å²) >= 11 is 0. The number of benzene rings is 3. The molecule has 0 aliphatic heterocycles. The predicted octanol–water partition coefficient (Wildman–Crippen LogP) is 5.14. The number of hydrogen-bond acceptors (Lipinski definition) is 5. The van der Waals surface area contributed by atoms with Gasteiger partial charge in [0, 0.05) is 0 Å². The molecule has 0 saturated carbocycles. The molecule has 0 heterocycles. The Morgan fingerprint density at radius 2 is 1.67 bits per heavy atom. The molecule has 3 aromatic rings. The molecule has 0 aromatic heterocycles. The van der Waals surface area contributed by atoms with E-state index in [0.717, 1.165) is 45.2 Å². The van der Waals surface area contributed by atoms with Crippen molar-refractivity contribution in [1.29, 1.82) is 0 Å². The summed E-state index contributed by atoms with van der Waals surface area (Å²) in [5, 5.41) is 4.00. The highest BCUT2D eigenvalue weighted by molar-refractivity contribution is 7.92. The normalized spacial score (nSPS) is 11.4. The van der Waals surface area contributed by atoms with E-state index in [9.17, 15) is 13.2 Å². The molecule has 36 heavy (non-hydrogen) atoms.